The summed E-state index contributed by atoms with van der Waals surface area (Å²) in [5, 5.41) is 0. The summed E-state index contributed by atoms with van der Waals surface area (Å²) in [6, 6.07) is 6.75. The van der Waals surface area contributed by atoms with E-state index in [2.05, 4.69) is 11.8 Å². The molecule has 0 radical (unpaired) electrons. The molecule has 5 nitrogen and oxygen atoms in total. The van der Waals surface area contributed by atoms with Crippen LogP contribution in [0.3, 0.4) is 0 Å². The first-order chi connectivity index (χ1) is 9.95. The van der Waals surface area contributed by atoms with Crippen LogP contribution in [0.25, 0.3) is 0 Å². The van der Waals surface area contributed by atoms with Crippen LogP contribution in [0.4, 0.5) is 0 Å². The van der Waals surface area contributed by atoms with Crippen LogP contribution in [0.5, 0.6) is 0 Å². The minimum atomic E-state index is -3.58. The Morgan fingerprint density at radius 3 is 2.52 bits per heavy atom. The van der Waals surface area contributed by atoms with Gasteiger partial charge in [-0.2, -0.15) is 4.31 Å². The van der Waals surface area contributed by atoms with Gasteiger partial charge in [0, 0.05) is 18.7 Å². The zero-order valence-electron chi connectivity index (χ0n) is 12.2. The van der Waals surface area contributed by atoms with Gasteiger partial charge in [-0.15, -0.1) is 0 Å². The molecule has 114 valence electrons. The van der Waals surface area contributed by atoms with Crippen molar-refractivity contribution in [1.29, 1.82) is 0 Å². The predicted octanol–water partition coefficient (Wildman–Crippen LogP) is 0.795. The number of hydrogen-bond acceptors (Lipinski definition) is 4. The Labute approximate surface area is 126 Å². The fourth-order valence-corrected chi connectivity index (χ4v) is 4.15. The van der Waals surface area contributed by atoms with Crippen molar-refractivity contribution >= 4 is 10.0 Å². The minimum absolute atomic E-state index is 0.120. The SMILES string of the molecule is CC1CN(S(=O)(=O)c2ccccc2C#CCN)CC(C)O1. The zero-order chi connectivity index (χ0) is 15.5. The number of benzene rings is 1. The molecular formula is C15H20N2O3S. The quantitative estimate of drug-likeness (QED) is 0.820. The first kappa shape index (κ1) is 16.0. The van der Waals surface area contributed by atoms with Crippen LogP contribution in [-0.4, -0.2) is 44.6 Å². The number of ether oxygens (including phenoxy) is 1. The van der Waals surface area contributed by atoms with Gasteiger partial charge in [-0.25, -0.2) is 8.42 Å². The molecule has 1 fully saturated rings. The molecule has 0 saturated carbocycles. The largest absolute Gasteiger partial charge is 0.373 e. The standard InChI is InChI=1S/C15H20N2O3S/c1-12-10-17(11-13(2)20-12)21(18,19)15-8-4-3-6-14(15)7-5-9-16/h3-4,6,8,12-13H,9-11,16H2,1-2H3. The molecule has 1 saturated heterocycles. The summed E-state index contributed by atoms with van der Waals surface area (Å²) in [5.41, 5.74) is 5.85. The Morgan fingerprint density at radius 2 is 1.90 bits per heavy atom. The molecule has 0 aromatic heterocycles. The molecule has 1 aliphatic heterocycles. The number of rotatable bonds is 2. The second-order valence-corrected chi connectivity index (χ2v) is 6.99. The van der Waals surface area contributed by atoms with Gasteiger partial charge in [0.25, 0.3) is 0 Å². The van der Waals surface area contributed by atoms with Crippen molar-refractivity contribution in [2.24, 2.45) is 5.73 Å². The summed E-state index contributed by atoms with van der Waals surface area (Å²) in [6.07, 6.45) is -0.239. The molecule has 2 atom stereocenters. The van der Waals surface area contributed by atoms with Crippen molar-refractivity contribution in [3.05, 3.63) is 29.8 Å². The van der Waals surface area contributed by atoms with Crippen molar-refractivity contribution in [3.63, 3.8) is 0 Å². The van der Waals surface area contributed by atoms with E-state index in [4.69, 9.17) is 10.5 Å². The van der Waals surface area contributed by atoms with Gasteiger partial charge >= 0.3 is 0 Å². The maximum atomic E-state index is 12.8. The Bertz CT molecular complexity index is 651. The van der Waals surface area contributed by atoms with E-state index in [9.17, 15) is 8.42 Å². The van der Waals surface area contributed by atoms with Crippen LogP contribution in [0.15, 0.2) is 29.2 Å². The van der Waals surface area contributed by atoms with E-state index in [0.29, 0.717) is 18.7 Å². The van der Waals surface area contributed by atoms with Crippen LogP contribution >= 0.6 is 0 Å². The van der Waals surface area contributed by atoms with E-state index in [-0.39, 0.29) is 23.6 Å². The molecule has 1 aromatic rings. The van der Waals surface area contributed by atoms with Crippen LogP contribution in [0, 0.1) is 11.8 Å². The number of nitrogens with two attached hydrogens (primary N) is 1. The molecule has 21 heavy (non-hydrogen) atoms. The van der Waals surface area contributed by atoms with Crippen molar-refractivity contribution in [3.8, 4) is 11.8 Å². The molecule has 0 aliphatic carbocycles. The predicted molar refractivity (Wildman–Crippen MR) is 81.1 cm³/mol. The third kappa shape index (κ3) is 3.63. The first-order valence-electron chi connectivity index (χ1n) is 6.88. The summed E-state index contributed by atoms with van der Waals surface area (Å²) in [7, 11) is -3.58. The Balaban J connectivity index is 2.40. The van der Waals surface area contributed by atoms with Crippen LogP contribution < -0.4 is 5.73 Å². The summed E-state index contributed by atoms with van der Waals surface area (Å²) in [6.45, 7) is 4.65. The highest BCUT2D eigenvalue weighted by Gasteiger charge is 2.33. The molecule has 6 heteroatoms. The molecule has 2 unspecified atom stereocenters. The highest BCUT2D eigenvalue weighted by atomic mass is 32.2. The lowest BCUT2D eigenvalue weighted by atomic mass is 10.2. The third-order valence-electron chi connectivity index (χ3n) is 3.22. The van der Waals surface area contributed by atoms with E-state index in [0.717, 1.165) is 0 Å². The van der Waals surface area contributed by atoms with Crippen LogP contribution in [0.2, 0.25) is 0 Å². The molecule has 0 amide bonds. The Kier molecular flexibility index (Phi) is 5.01. The highest BCUT2D eigenvalue weighted by Crippen LogP contribution is 2.23. The van der Waals surface area contributed by atoms with Crippen LogP contribution in [0.1, 0.15) is 19.4 Å². The maximum absolute atomic E-state index is 12.8. The number of sulfonamides is 1. The average molecular weight is 308 g/mol. The van der Waals surface area contributed by atoms with Gasteiger partial charge in [0.2, 0.25) is 10.0 Å². The normalized spacial score (nSPS) is 23.4. The zero-order valence-corrected chi connectivity index (χ0v) is 13.1. The van der Waals surface area contributed by atoms with E-state index in [1.54, 1.807) is 24.3 Å². The van der Waals surface area contributed by atoms with Crippen molar-refractivity contribution < 1.29 is 13.2 Å². The number of hydrogen-bond donors (Lipinski definition) is 1. The maximum Gasteiger partial charge on any atom is 0.244 e. The Morgan fingerprint density at radius 1 is 1.29 bits per heavy atom. The smallest absolute Gasteiger partial charge is 0.244 e. The lowest BCUT2D eigenvalue weighted by Crippen LogP contribution is -2.48. The molecule has 2 N–H and O–H groups in total. The number of nitrogens with zero attached hydrogens (tertiary/aromatic N) is 1. The fraction of sp³-hybridized carbons (Fsp3) is 0.467. The van der Waals surface area contributed by atoms with Crippen molar-refractivity contribution in [2.45, 2.75) is 31.0 Å². The fourth-order valence-electron chi connectivity index (χ4n) is 2.41. The highest BCUT2D eigenvalue weighted by molar-refractivity contribution is 7.89. The second-order valence-electron chi connectivity index (χ2n) is 5.08. The van der Waals surface area contributed by atoms with Gasteiger partial charge in [0.15, 0.2) is 0 Å². The number of morpholine rings is 1. The summed E-state index contributed by atoms with van der Waals surface area (Å²) >= 11 is 0. The topological polar surface area (TPSA) is 72.6 Å². The summed E-state index contributed by atoms with van der Waals surface area (Å²) < 4.78 is 32.7. The molecule has 1 aromatic carbocycles. The lowest BCUT2D eigenvalue weighted by molar-refractivity contribution is -0.0440. The molecular weight excluding hydrogens is 288 g/mol. The van der Waals surface area contributed by atoms with Gasteiger partial charge in [0.1, 0.15) is 0 Å². The molecule has 1 heterocycles. The molecule has 2 rings (SSSR count). The molecule has 0 spiro atoms. The van der Waals surface area contributed by atoms with Gasteiger partial charge in [-0.1, -0.05) is 24.0 Å². The van der Waals surface area contributed by atoms with E-state index < -0.39 is 10.0 Å². The van der Waals surface area contributed by atoms with E-state index in [1.807, 2.05) is 13.8 Å². The molecule has 1 aliphatic rings. The summed E-state index contributed by atoms with van der Waals surface area (Å²) in [4.78, 5) is 0.229. The van der Waals surface area contributed by atoms with E-state index in [1.165, 1.54) is 4.31 Å². The van der Waals surface area contributed by atoms with Gasteiger partial charge in [-0.05, 0) is 26.0 Å². The van der Waals surface area contributed by atoms with Gasteiger partial charge < -0.3 is 10.5 Å². The van der Waals surface area contributed by atoms with E-state index >= 15 is 0 Å². The minimum Gasteiger partial charge on any atom is -0.373 e. The monoisotopic (exact) mass is 308 g/mol. The van der Waals surface area contributed by atoms with Gasteiger partial charge in [0.05, 0.1) is 23.6 Å². The second kappa shape index (κ2) is 6.58. The Hall–Kier alpha value is -1.39. The van der Waals surface area contributed by atoms with Crippen LogP contribution in [-0.2, 0) is 14.8 Å². The average Bonchev–Trinajstić information content (AvgIpc) is 2.44. The first-order valence-corrected chi connectivity index (χ1v) is 8.32. The van der Waals surface area contributed by atoms with Gasteiger partial charge in [-0.3, -0.25) is 0 Å². The lowest BCUT2D eigenvalue weighted by Gasteiger charge is -2.34. The summed E-state index contributed by atoms with van der Waals surface area (Å²) in [5.74, 6) is 5.54. The molecule has 0 bridgehead atoms. The van der Waals surface area contributed by atoms with Crippen molar-refractivity contribution in [2.75, 3.05) is 19.6 Å². The van der Waals surface area contributed by atoms with Crippen molar-refractivity contribution in [1.82, 2.24) is 4.31 Å². The third-order valence-corrected chi connectivity index (χ3v) is 5.11.